The molecular formula is C14H19BO5. The van der Waals surface area contributed by atoms with Crippen LogP contribution < -0.4 is 4.74 Å². The lowest BCUT2D eigenvalue weighted by atomic mass is 9.73. The second-order valence-electron chi connectivity index (χ2n) is 4.99. The quantitative estimate of drug-likeness (QED) is 0.513. The minimum atomic E-state index is -0.786. The van der Waals surface area contributed by atoms with Gasteiger partial charge in [0.25, 0.3) is 0 Å². The van der Waals surface area contributed by atoms with Crippen LogP contribution in [0.5, 0.6) is 5.75 Å². The van der Waals surface area contributed by atoms with Gasteiger partial charge >= 0.3 is 6.16 Å². The third kappa shape index (κ3) is 3.98. The molecule has 1 aromatic carbocycles. The normalized spacial score (nSPS) is 25.2. The van der Waals surface area contributed by atoms with Crippen molar-refractivity contribution in [3.63, 3.8) is 0 Å². The number of aryl methyl sites for hydroxylation is 1. The van der Waals surface area contributed by atoms with Gasteiger partial charge in [0.1, 0.15) is 18.5 Å². The molecule has 1 aliphatic heterocycles. The molecule has 1 unspecified atom stereocenters. The van der Waals surface area contributed by atoms with E-state index >= 15 is 0 Å². The molecule has 1 aliphatic rings. The average molecular weight is 278 g/mol. The molecule has 1 saturated heterocycles. The monoisotopic (exact) mass is 278 g/mol. The standard InChI is InChI=1S/C14H19BO5/c1-9-4-3-5-10(6-9)19-14(17)18-8-12-11(16)7-13(15-2)20-12/h3-6,11-13,15-16H,7-8H2,1-2H3/t11?,12-,13-/m1/s1. The molecule has 6 heteroatoms. The third-order valence-electron chi connectivity index (χ3n) is 3.31. The molecule has 0 saturated carbocycles. The van der Waals surface area contributed by atoms with Crippen molar-refractivity contribution < 1.29 is 24.1 Å². The lowest BCUT2D eigenvalue weighted by Gasteiger charge is -2.14. The van der Waals surface area contributed by atoms with Gasteiger partial charge < -0.3 is 19.3 Å². The Morgan fingerprint density at radius 1 is 1.55 bits per heavy atom. The molecule has 1 N–H and O–H groups in total. The highest BCUT2D eigenvalue weighted by Crippen LogP contribution is 2.20. The molecule has 2 rings (SSSR count). The number of carbonyl (C=O) groups is 1. The second kappa shape index (κ2) is 6.77. The van der Waals surface area contributed by atoms with E-state index in [1.807, 2.05) is 19.8 Å². The predicted molar refractivity (Wildman–Crippen MR) is 75.5 cm³/mol. The number of hydrogen-bond acceptors (Lipinski definition) is 5. The van der Waals surface area contributed by atoms with E-state index < -0.39 is 18.4 Å². The van der Waals surface area contributed by atoms with Crippen molar-refractivity contribution in [2.45, 2.75) is 38.4 Å². The topological polar surface area (TPSA) is 65.0 Å². The van der Waals surface area contributed by atoms with Crippen LogP contribution in [0, 0.1) is 6.92 Å². The molecule has 1 aromatic rings. The molecule has 20 heavy (non-hydrogen) atoms. The first kappa shape index (κ1) is 14.9. The molecule has 0 spiro atoms. The summed E-state index contributed by atoms with van der Waals surface area (Å²) in [6, 6.07) is 7.17. The number of aliphatic hydroxyl groups excluding tert-OH is 1. The smallest absolute Gasteiger partial charge is 0.431 e. The molecule has 0 radical (unpaired) electrons. The molecule has 0 aliphatic carbocycles. The summed E-state index contributed by atoms with van der Waals surface area (Å²) in [5, 5.41) is 9.77. The summed E-state index contributed by atoms with van der Waals surface area (Å²) in [6.07, 6.45) is -1.26. The lowest BCUT2D eigenvalue weighted by Crippen LogP contribution is -2.29. The van der Waals surface area contributed by atoms with Gasteiger partial charge in [-0.25, -0.2) is 4.79 Å². The number of benzene rings is 1. The zero-order chi connectivity index (χ0) is 14.5. The van der Waals surface area contributed by atoms with Crippen LogP contribution in [0.25, 0.3) is 0 Å². The first-order valence-corrected chi connectivity index (χ1v) is 6.83. The maximum absolute atomic E-state index is 11.6. The summed E-state index contributed by atoms with van der Waals surface area (Å²) in [5.41, 5.74) is 0.996. The number of rotatable bonds is 4. The third-order valence-corrected chi connectivity index (χ3v) is 3.31. The van der Waals surface area contributed by atoms with E-state index in [2.05, 4.69) is 0 Å². The van der Waals surface area contributed by atoms with Crippen LogP contribution in [0.3, 0.4) is 0 Å². The minimum Gasteiger partial charge on any atom is -0.431 e. The minimum absolute atomic E-state index is 0.00230. The molecule has 1 fully saturated rings. The average Bonchev–Trinajstić information content (AvgIpc) is 2.77. The first-order chi connectivity index (χ1) is 9.58. The highest BCUT2D eigenvalue weighted by atomic mass is 16.7. The van der Waals surface area contributed by atoms with E-state index in [0.717, 1.165) is 12.8 Å². The molecule has 0 amide bonds. The highest BCUT2D eigenvalue weighted by Gasteiger charge is 2.34. The van der Waals surface area contributed by atoms with Crippen LogP contribution in [0.4, 0.5) is 4.79 Å². The van der Waals surface area contributed by atoms with E-state index in [9.17, 15) is 9.90 Å². The van der Waals surface area contributed by atoms with Gasteiger partial charge in [0.05, 0.1) is 6.10 Å². The van der Waals surface area contributed by atoms with Gasteiger partial charge in [-0.1, -0.05) is 19.0 Å². The largest absolute Gasteiger partial charge is 0.513 e. The van der Waals surface area contributed by atoms with Crippen LogP contribution in [0.1, 0.15) is 12.0 Å². The zero-order valence-electron chi connectivity index (χ0n) is 11.7. The van der Waals surface area contributed by atoms with Crippen molar-refractivity contribution in [1.82, 2.24) is 0 Å². The van der Waals surface area contributed by atoms with Gasteiger partial charge in [0, 0.05) is 6.00 Å². The van der Waals surface area contributed by atoms with Gasteiger partial charge in [-0.15, -0.1) is 0 Å². The Balaban J connectivity index is 1.78. The molecule has 3 atom stereocenters. The van der Waals surface area contributed by atoms with Crippen LogP contribution in [0.15, 0.2) is 24.3 Å². The van der Waals surface area contributed by atoms with Gasteiger partial charge in [0.15, 0.2) is 7.28 Å². The zero-order valence-corrected chi connectivity index (χ0v) is 11.7. The van der Waals surface area contributed by atoms with Crippen molar-refractivity contribution in [2.24, 2.45) is 0 Å². The van der Waals surface area contributed by atoms with Crippen molar-refractivity contribution >= 4 is 13.4 Å². The van der Waals surface area contributed by atoms with Gasteiger partial charge in [-0.05, 0) is 31.0 Å². The second-order valence-corrected chi connectivity index (χ2v) is 4.99. The maximum atomic E-state index is 11.6. The number of carbonyl (C=O) groups excluding carboxylic acids is 1. The Labute approximate surface area is 119 Å². The fourth-order valence-corrected chi connectivity index (χ4v) is 2.18. The predicted octanol–water partition coefficient (Wildman–Crippen LogP) is 1.47. The van der Waals surface area contributed by atoms with Crippen molar-refractivity contribution in [1.29, 1.82) is 0 Å². The summed E-state index contributed by atoms with van der Waals surface area (Å²) in [7, 11) is 0.835. The summed E-state index contributed by atoms with van der Waals surface area (Å²) >= 11 is 0. The summed E-state index contributed by atoms with van der Waals surface area (Å²) in [6.45, 7) is 3.90. The van der Waals surface area contributed by atoms with Gasteiger partial charge in [-0.3, -0.25) is 0 Å². The number of ether oxygens (including phenoxy) is 3. The molecular weight excluding hydrogens is 259 g/mol. The molecule has 1 heterocycles. The SMILES string of the molecule is CB[C@H]1CC(O)[C@@H](COC(=O)Oc2cccc(C)c2)O1. The van der Waals surface area contributed by atoms with Crippen LogP contribution >= 0.6 is 0 Å². The van der Waals surface area contributed by atoms with Crippen LogP contribution in [-0.2, 0) is 9.47 Å². The van der Waals surface area contributed by atoms with Gasteiger partial charge in [-0.2, -0.15) is 0 Å². The van der Waals surface area contributed by atoms with Crippen molar-refractivity contribution in [3.8, 4) is 5.75 Å². The Bertz CT molecular complexity index is 465. The summed E-state index contributed by atoms with van der Waals surface area (Å²) in [5.74, 6) is 0.439. The first-order valence-electron chi connectivity index (χ1n) is 6.83. The van der Waals surface area contributed by atoms with Crippen LogP contribution in [0.2, 0.25) is 6.82 Å². The Morgan fingerprint density at radius 2 is 2.35 bits per heavy atom. The van der Waals surface area contributed by atoms with E-state index in [1.165, 1.54) is 0 Å². The Kier molecular flexibility index (Phi) is 5.03. The fourth-order valence-electron chi connectivity index (χ4n) is 2.18. The summed E-state index contributed by atoms with van der Waals surface area (Å²) < 4.78 is 15.6. The Hall–Kier alpha value is -1.53. The Morgan fingerprint density at radius 3 is 3.00 bits per heavy atom. The lowest BCUT2D eigenvalue weighted by molar-refractivity contribution is -0.0190. The van der Waals surface area contributed by atoms with E-state index in [1.54, 1.807) is 18.2 Å². The number of aliphatic hydroxyl groups is 1. The summed E-state index contributed by atoms with van der Waals surface area (Å²) in [4.78, 5) is 11.6. The molecule has 5 nitrogen and oxygen atoms in total. The molecule has 108 valence electrons. The molecule has 0 bridgehead atoms. The van der Waals surface area contributed by atoms with E-state index in [4.69, 9.17) is 14.2 Å². The van der Waals surface area contributed by atoms with Crippen LogP contribution in [-0.4, -0.2) is 43.4 Å². The van der Waals surface area contributed by atoms with Gasteiger partial charge in [0.2, 0.25) is 0 Å². The van der Waals surface area contributed by atoms with E-state index in [-0.39, 0.29) is 12.6 Å². The van der Waals surface area contributed by atoms with Crippen molar-refractivity contribution in [3.05, 3.63) is 29.8 Å². The highest BCUT2D eigenvalue weighted by molar-refractivity contribution is 6.35. The molecule has 0 aromatic heterocycles. The van der Waals surface area contributed by atoms with E-state index in [0.29, 0.717) is 12.2 Å². The van der Waals surface area contributed by atoms with Crippen molar-refractivity contribution in [2.75, 3.05) is 6.61 Å². The maximum Gasteiger partial charge on any atom is 0.513 e. The number of hydrogen-bond donors (Lipinski definition) is 1. The fraction of sp³-hybridized carbons (Fsp3) is 0.500.